The largest absolute Gasteiger partial charge is 0.128 e. The summed E-state index contributed by atoms with van der Waals surface area (Å²) < 4.78 is 0. The van der Waals surface area contributed by atoms with Gasteiger partial charge in [0.2, 0.25) is 0 Å². The quantitative estimate of drug-likeness (QED) is 0.609. The summed E-state index contributed by atoms with van der Waals surface area (Å²) in [6.07, 6.45) is 3.29. The summed E-state index contributed by atoms with van der Waals surface area (Å²) in [6, 6.07) is 5.95. The molecule has 0 aliphatic rings. The summed E-state index contributed by atoms with van der Waals surface area (Å²) in [4.78, 5) is 1.18. The Balaban J connectivity index is 0.000000424. The average Bonchev–Trinajstić information content (AvgIpc) is 2.06. The van der Waals surface area contributed by atoms with Crippen molar-refractivity contribution in [2.75, 3.05) is 6.26 Å². The highest BCUT2D eigenvalue weighted by Gasteiger charge is 1.99. The van der Waals surface area contributed by atoms with Gasteiger partial charge in [0.05, 0.1) is 5.02 Å². The van der Waals surface area contributed by atoms with Crippen LogP contribution in [0.5, 0.6) is 0 Å². The molecule has 1 aromatic carbocycles. The summed E-state index contributed by atoms with van der Waals surface area (Å²) in [5.41, 5.74) is 1.25. The van der Waals surface area contributed by atoms with E-state index in [1.54, 1.807) is 11.8 Å². The van der Waals surface area contributed by atoms with Crippen molar-refractivity contribution in [2.24, 2.45) is 0 Å². The van der Waals surface area contributed by atoms with E-state index in [4.69, 9.17) is 11.6 Å². The fraction of sp³-hybridized carbons (Fsp3) is 0.455. The molecule has 0 aliphatic heterocycles. The molecule has 13 heavy (non-hydrogen) atoms. The van der Waals surface area contributed by atoms with Gasteiger partial charge in [-0.3, -0.25) is 0 Å². The van der Waals surface area contributed by atoms with Crippen LogP contribution in [0, 0.1) is 6.92 Å². The second-order valence-electron chi connectivity index (χ2n) is 2.80. The van der Waals surface area contributed by atoms with Gasteiger partial charge in [-0.1, -0.05) is 44.0 Å². The average molecular weight is 217 g/mol. The van der Waals surface area contributed by atoms with Crippen molar-refractivity contribution >= 4 is 23.4 Å². The van der Waals surface area contributed by atoms with E-state index in [1.165, 1.54) is 16.9 Å². The Hall–Kier alpha value is -0.140. The Bertz CT molecular complexity index is 226. The Kier molecular flexibility index (Phi) is 7.20. The zero-order valence-electron chi connectivity index (χ0n) is 8.73. The maximum absolute atomic E-state index is 5.91. The monoisotopic (exact) mass is 216 g/mol. The summed E-state index contributed by atoms with van der Waals surface area (Å²) in [7, 11) is 0. The molecule has 0 heterocycles. The van der Waals surface area contributed by atoms with Crippen molar-refractivity contribution in [3.63, 3.8) is 0 Å². The molecule has 0 aromatic heterocycles. The van der Waals surface area contributed by atoms with E-state index in [-0.39, 0.29) is 0 Å². The molecular weight excluding hydrogens is 200 g/mol. The van der Waals surface area contributed by atoms with Gasteiger partial charge in [0.15, 0.2) is 0 Å². The summed E-state index contributed by atoms with van der Waals surface area (Å²) >= 11 is 7.60. The Morgan fingerprint density at radius 3 is 2.15 bits per heavy atom. The fourth-order valence-corrected chi connectivity index (χ4v) is 1.98. The molecule has 2 heteroatoms. The third kappa shape index (κ3) is 4.58. The first-order valence-corrected chi connectivity index (χ1v) is 6.06. The summed E-state index contributed by atoms with van der Waals surface area (Å²) in [6.45, 7) is 6.32. The molecule has 0 amide bonds. The molecular formula is C11H17ClS. The lowest BCUT2D eigenvalue weighted by atomic mass is 10.2. The van der Waals surface area contributed by atoms with E-state index in [0.29, 0.717) is 0 Å². The number of hydrogen-bond donors (Lipinski definition) is 0. The molecule has 0 saturated heterocycles. The van der Waals surface area contributed by atoms with Gasteiger partial charge in [-0.25, -0.2) is 0 Å². The molecule has 0 unspecified atom stereocenters. The Morgan fingerprint density at radius 2 is 1.85 bits per heavy atom. The van der Waals surface area contributed by atoms with Gasteiger partial charge >= 0.3 is 0 Å². The van der Waals surface area contributed by atoms with Crippen molar-refractivity contribution in [3.05, 3.63) is 28.8 Å². The third-order valence-corrected chi connectivity index (χ3v) is 2.75. The Labute approximate surface area is 90.7 Å². The minimum atomic E-state index is 0.854. The minimum absolute atomic E-state index is 0.854. The van der Waals surface area contributed by atoms with Crippen molar-refractivity contribution < 1.29 is 0 Å². The topological polar surface area (TPSA) is 0 Å². The van der Waals surface area contributed by atoms with Crippen LogP contribution < -0.4 is 0 Å². The molecule has 0 N–H and O–H groups in total. The van der Waals surface area contributed by atoms with Crippen molar-refractivity contribution in [3.8, 4) is 0 Å². The maximum Gasteiger partial charge on any atom is 0.0544 e. The normalized spacial score (nSPS) is 9.00. The number of rotatable bonds is 1. The highest BCUT2D eigenvalue weighted by Crippen LogP contribution is 2.27. The van der Waals surface area contributed by atoms with Gasteiger partial charge in [0.25, 0.3) is 0 Å². The second-order valence-corrected chi connectivity index (χ2v) is 4.02. The smallest absolute Gasteiger partial charge is 0.0544 e. The van der Waals surface area contributed by atoms with Crippen molar-refractivity contribution in [1.82, 2.24) is 0 Å². The lowest BCUT2D eigenvalue weighted by Crippen LogP contribution is -1.78. The minimum Gasteiger partial charge on any atom is -0.128 e. The van der Waals surface area contributed by atoms with Gasteiger partial charge in [-0.2, -0.15) is 0 Å². The van der Waals surface area contributed by atoms with Gasteiger partial charge < -0.3 is 0 Å². The molecule has 0 atom stereocenters. The van der Waals surface area contributed by atoms with Crippen LogP contribution in [0.4, 0.5) is 0 Å². The van der Waals surface area contributed by atoms with E-state index in [9.17, 15) is 0 Å². The predicted octanol–water partition coefficient (Wildman–Crippen LogP) is 4.79. The van der Waals surface area contributed by atoms with Crippen LogP contribution >= 0.6 is 23.4 Å². The highest BCUT2D eigenvalue weighted by atomic mass is 35.5. The van der Waals surface area contributed by atoms with E-state index in [0.717, 1.165) is 5.02 Å². The van der Waals surface area contributed by atoms with Crippen LogP contribution in [0.15, 0.2) is 23.1 Å². The summed E-state index contributed by atoms with van der Waals surface area (Å²) in [5.74, 6) is 0. The number of benzene rings is 1. The van der Waals surface area contributed by atoms with Gasteiger partial charge in [0.1, 0.15) is 0 Å². The Morgan fingerprint density at radius 1 is 1.31 bits per heavy atom. The molecule has 0 nitrogen and oxygen atoms in total. The van der Waals surface area contributed by atoms with Crippen molar-refractivity contribution in [2.45, 2.75) is 32.1 Å². The van der Waals surface area contributed by atoms with Gasteiger partial charge in [-0.05, 0) is 24.8 Å². The number of hydrogen-bond acceptors (Lipinski definition) is 1. The van der Waals surface area contributed by atoms with Crippen molar-refractivity contribution in [1.29, 1.82) is 0 Å². The SMILES string of the molecule is CCC.CSc1c(C)cccc1Cl. The molecule has 0 aliphatic carbocycles. The molecule has 1 aromatic rings. The van der Waals surface area contributed by atoms with E-state index in [1.807, 2.05) is 18.4 Å². The van der Waals surface area contributed by atoms with Crippen LogP contribution in [0.2, 0.25) is 5.02 Å². The van der Waals surface area contributed by atoms with Crippen LogP contribution in [0.25, 0.3) is 0 Å². The molecule has 0 radical (unpaired) electrons. The first-order chi connectivity index (χ1) is 6.17. The zero-order chi connectivity index (χ0) is 10.3. The molecule has 0 saturated carbocycles. The van der Waals surface area contributed by atoms with Crippen LogP contribution in [-0.2, 0) is 0 Å². The standard InChI is InChI=1S/C8H9ClS.C3H8/c1-6-4-3-5-7(9)8(6)10-2;1-3-2/h3-5H,1-2H3;3H2,1-2H3. The maximum atomic E-state index is 5.91. The molecule has 1 rings (SSSR count). The fourth-order valence-electron chi connectivity index (χ4n) is 0.875. The van der Waals surface area contributed by atoms with E-state index < -0.39 is 0 Å². The first-order valence-electron chi connectivity index (χ1n) is 4.46. The number of thioether (sulfide) groups is 1. The predicted molar refractivity (Wildman–Crippen MR) is 63.9 cm³/mol. The molecule has 74 valence electrons. The number of aryl methyl sites for hydroxylation is 1. The van der Waals surface area contributed by atoms with E-state index in [2.05, 4.69) is 26.8 Å². The summed E-state index contributed by atoms with van der Waals surface area (Å²) in [5, 5.41) is 0.854. The lowest BCUT2D eigenvalue weighted by molar-refractivity contribution is 1.09. The molecule has 0 bridgehead atoms. The van der Waals surface area contributed by atoms with Crippen LogP contribution in [-0.4, -0.2) is 6.26 Å². The second kappa shape index (κ2) is 7.28. The van der Waals surface area contributed by atoms with Gasteiger partial charge in [0, 0.05) is 4.90 Å². The molecule has 0 spiro atoms. The van der Waals surface area contributed by atoms with Crippen LogP contribution in [0.1, 0.15) is 25.8 Å². The molecule has 0 fully saturated rings. The highest BCUT2D eigenvalue weighted by molar-refractivity contribution is 7.98. The number of halogens is 1. The lowest BCUT2D eigenvalue weighted by Gasteiger charge is -2.02. The first kappa shape index (κ1) is 12.9. The third-order valence-electron chi connectivity index (χ3n) is 1.37. The van der Waals surface area contributed by atoms with E-state index >= 15 is 0 Å². The van der Waals surface area contributed by atoms with Gasteiger partial charge in [-0.15, -0.1) is 11.8 Å². The zero-order valence-corrected chi connectivity index (χ0v) is 10.3. The van der Waals surface area contributed by atoms with Crippen LogP contribution in [0.3, 0.4) is 0 Å².